The molecule has 0 aliphatic carbocycles. The number of hydrogen-bond donors (Lipinski definition) is 1. The Morgan fingerprint density at radius 1 is 1.11 bits per heavy atom. The number of benzene rings is 1. The van der Waals surface area contributed by atoms with Gasteiger partial charge >= 0.3 is 0 Å². The van der Waals surface area contributed by atoms with E-state index in [1.165, 1.54) is 11.1 Å². The van der Waals surface area contributed by atoms with Gasteiger partial charge in [0.1, 0.15) is 0 Å². The van der Waals surface area contributed by atoms with Crippen molar-refractivity contribution in [3.63, 3.8) is 0 Å². The third-order valence-electron chi connectivity index (χ3n) is 3.59. The smallest absolute Gasteiger partial charge is 0.0449 e. The minimum Gasteiger partial charge on any atom is -0.309 e. The molecule has 0 aliphatic heterocycles. The Labute approximate surface area is 112 Å². The maximum Gasteiger partial charge on any atom is 0.0449 e. The van der Waals surface area contributed by atoms with E-state index in [2.05, 4.69) is 69.2 Å². The molecule has 0 spiro atoms. The van der Waals surface area contributed by atoms with E-state index in [-0.39, 0.29) is 0 Å². The minimum atomic E-state index is 0.424. The molecule has 18 heavy (non-hydrogen) atoms. The molecule has 0 fully saturated rings. The summed E-state index contributed by atoms with van der Waals surface area (Å²) in [6, 6.07) is 10.0. The van der Waals surface area contributed by atoms with Crippen LogP contribution in [0, 0.1) is 0 Å². The van der Waals surface area contributed by atoms with Crippen molar-refractivity contribution in [3.05, 3.63) is 35.4 Å². The molecular weight excluding hydrogens is 220 g/mol. The second-order valence-corrected chi connectivity index (χ2v) is 5.24. The van der Waals surface area contributed by atoms with Crippen LogP contribution in [0.1, 0.15) is 44.9 Å². The van der Waals surface area contributed by atoms with Gasteiger partial charge in [-0.25, -0.2) is 0 Å². The van der Waals surface area contributed by atoms with Crippen LogP contribution in [0.15, 0.2) is 24.3 Å². The normalized spacial score (nSPS) is 13.3. The Morgan fingerprint density at radius 2 is 1.72 bits per heavy atom. The summed E-state index contributed by atoms with van der Waals surface area (Å²) in [7, 11) is 2.19. The third-order valence-corrected chi connectivity index (χ3v) is 3.59. The number of hydrogen-bond acceptors (Lipinski definition) is 2. The van der Waals surface area contributed by atoms with Crippen molar-refractivity contribution in [2.75, 3.05) is 20.1 Å². The molecule has 2 heteroatoms. The van der Waals surface area contributed by atoms with Gasteiger partial charge < -0.3 is 10.2 Å². The van der Waals surface area contributed by atoms with E-state index < -0.39 is 0 Å². The van der Waals surface area contributed by atoms with Gasteiger partial charge in [0.05, 0.1) is 0 Å². The molecule has 0 radical (unpaired) electrons. The SMILES string of the molecule is CCNC(CN(C)C(C)C)c1ccc(CC)cc1. The zero-order chi connectivity index (χ0) is 13.5. The highest BCUT2D eigenvalue weighted by molar-refractivity contribution is 5.25. The molecule has 1 aromatic rings. The monoisotopic (exact) mass is 248 g/mol. The highest BCUT2D eigenvalue weighted by Gasteiger charge is 2.14. The quantitative estimate of drug-likeness (QED) is 0.797. The summed E-state index contributed by atoms with van der Waals surface area (Å²) in [5.41, 5.74) is 2.80. The van der Waals surface area contributed by atoms with Gasteiger partial charge in [-0.05, 0) is 45.0 Å². The van der Waals surface area contributed by atoms with Gasteiger partial charge in [-0.15, -0.1) is 0 Å². The molecule has 2 nitrogen and oxygen atoms in total. The number of nitrogens with one attached hydrogen (secondary N) is 1. The van der Waals surface area contributed by atoms with E-state index in [1.54, 1.807) is 0 Å². The van der Waals surface area contributed by atoms with Crippen molar-refractivity contribution in [2.45, 2.75) is 46.2 Å². The number of likely N-dealkylation sites (N-methyl/N-ethyl adjacent to an activating group) is 2. The number of aryl methyl sites for hydroxylation is 1. The lowest BCUT2D eigenvalue weighted by Gasteiger charge is -2.28. The summed E-state index contributed by atoms with van der Waals surface area (Å²) >= 11 is 0. The fourth-order valence-electron chi connectivity index (χ4n) is 2.02. The molecule has 1 rings (SSSR count). The topological polar surface area (TPSA) is 15.3 Å². The lowest BCUT2D eigenvalue weighted by Crippen LogP contribution is -2.36. The van der Waals surface area contributed by atoms with Gasteiger partial charge in [-0.2, -0.15) is 0 Å². The molecular formula is C16H28N2. The van der Waals surface area contributed by atoms with Gasteiger partial charge in [0.25, 0.3) is 0 Å². The van der Waals surface area contributed by atoms with Crippen LogP contribution >= 0.6 is 0 Å². The fraction of sp³-hybridized carbons (Fsp3) is 0.625. The predicted octanol–water partition coefficient (Wildman–Crippen LogP) is 3.24. The molecule has 1 atom stereocenters. The maximum absolute atomic E-state index is 3.58. The fourth-order valence-corrected chi connectivity index (χ4v) is 2.02. The van der Waals surface area contributed by atoms with Gasteiger partial charge in [0.2, 0.25) is 0 Å². The lowest BCUT2D eigenvalue weighted by atomic mass is 10.0. The van der Waals surface area contributed by atoms with Crippen LogP contribution in [0.4, 0.5) is 0 Å². The van der Waals surface area contributed by atoms with Gasteiger partial charge in [0.15, 0.2) is 0 Å². The summed E-state index contributed by atoms with van der Waals surface area (Å²) in [6.07, 6.45) is 1.11. The van der Waals surface area contributed by atoms with E-state index in [0.29, 0.717) is 12.1 Å². The van der Waals surface area contributed by atoms with Gasteiger partial charge in [0, 0.05) is 18.6 Å². The Bertz CT molecular complexity index is 329. The van der Waals surface area contributed by atoms with Gasteiger partial charge in [-0.3, -0.25) is 0 Å². The van der Waals surface area contributed by atoms with E-state index in [9.17, 15) is 0 Å². The van der Waals surface area contributed by atoms with Crippen molar-refractivity contribution >= 4 is 0 Å². The Balaban J connectivity index is 2.76. The number of rotatable bonds is 7. The standard InChI is InChI=1S/C16H28N2/c1-6-14-8-10-15(11-9-14)16(17-7-2)12-18(5)13(3)4/h8-11,13,16-17H,6-7,12H2,1-5H3. The van der Waals surface area contributed by atoms with Crippen LogP contribution < -0.4 is 5.32 Å². The van der Waals surface area contributed by atoms with Crippen molar-refractivity contribution in [1.82, 2.24) is 10.2 Å². The maximum atomic E-state index is 3.58. The Morgan fingerprint density at radius 3 is 2.17 bits per heavy atom. The molecule has 1 N–H and O–H groups in total. The molecule has 1 aromatic carbocycles. The van der Waals surface area contributed by atoms with Crippen LogP contribution in [0.2, 0.25) is 0 Å². The van der Waals surface area contributed by atoms with Crippen molar-refractivity contribution in [1.29, 1.82) is 0 Å². The van der Waals surface area contributed by atoms with Crippen LogP contribution in [0.25, 0.3) is 0 Å². The summed E-state index contributed by atoms with van der Waals surface area (Å²) in [4.78, 5) is 2.39. The Kier molecular flexibility index (Phi) is 6.37. The van der Waals surface area contributed by atoms with Crippen LogP contribution in [-0.4, -0.2) is 31.1 Å². The molecule has 1 unspecified atom stereocenters. The minimum absolute atomic E-state index is 0.424. The first-order valence-electron chi connectivity index (χ1n) is 7.10. The van der Waals surface area contributed by atoms with Crippen molar-refractivity contribution in [2.24, 2.45) is 0 Å². The summed E-state index contributed by atoms with van der Waals surface area (Å²) in [6.45, 7) is 10.9. The van der Waals surface area contributed by atoms with Crippen molar-refractivity contribution < 1.29 is 0 Å². The van der Waals surface area contributed by atoms with Crippen LogP contribution in [-0.2, 0) is 6.42 Å². The summed E-state index contributed by atoms with van der Waals surface area (Å²) in [5.74, 6) is 0. The van der Waals surface area contributed by atoms with E-state index in [4.69, 9.17) is 0 Å². The molecule has 0 saturated carbocycles. The second-order valence-electron chi connectivity index (χ2n) is 5.24. The van der Waals surface area contributed by atoms with E-state index in [1.807, 2.05) is 0 Å². The zero-order valence-corrected chi connectivity index (χ0v) is 12.5. The highest BCUT2D eigenvalue weighted by atomic mass is 15.1. The molecule has 0 aliphatic rings. The molecule has 0 aromatic heterocycles. The summed E-state index contributed by atoms with van der Waals surface area (Å²) < 4.78 is 0. The van der Waals surface area contributed by atoms with E-state index in [0.717, 1.165) is 19.5 Å². The molecule has 0 heterocycles. The zero-order valence-electron chi connectivity index (χ0n) is 12.5. The molecule has 0 bridgehead atoms. The third kappa shape index (κ3) is 4.43. The van der Waals surface area contributed by atoms with Gasteiger partial charge in [-0.1, -0.05) is 38.1 Å². The number of nitrogens with zero attached hydrogens (tertiary/aromatic N) is 1. The first kappa shape index (κ1) is 15.2. The van der Waals surface area contributed by atoms with Crippen LogP contribution in [0.5, 0.6) is 0 Å². The predicted molar refractivity (Wildman–Crippen MR) is 80.0 cm³/mol. The first-order valence-corrected chi connectivity index (χ1v) is 7.10. The second kappa shape index (κ2) is 7.55. The molecule has 0 saturated heterocycles. The molecule has 0 amide bonds. The van der Waals surface area contributed by atoms with Crippen molar-refractivity contribution in [3.8, 4) is 0 Å². The first-order chi connectivity index (χ1) is 8.58. The average Bonchev–Trinajstić information content (AvgIpc) is 2.38. The molecule has 102 valence electrons. The average molecular weight is 248 g/mol. The highest BCUT2D eigenvalue weighted by Crippen LogP contribution is 2.16. The van der Waals surface area contributed by atoms with E-state index >= 15 is 0 Å². The Hall–Kier alpha value is -0.860. The largest absolute Gasteiger partial charge is 0.309 e. The summed E-state index contributed by atoms with van der Waals surface area (Å²) in [5, 5.41) is 3.58. The van der Waals surface area contributed by atoms with Crippen LogP contribution in [0.3, 0.4) is 0 Å². The lowest BCUT2D eigenvalue weighted by molar-refractivity contribution is 0.243.